The van der Waals surface area contributed by atoms with E-state index in [4.69, 9.17) is 0 Å². The molecule has 1 aliphatic rings. The number of carbonyl (C=O) groups is 13. The van der Waals surface area contributed by atoms with E-state index in [0.717, 1.165) is 26.2 Å². The van der Waals surface area contributed by atoms with Gasteiger partial charge in [-0.1, -0.05) is 78.4 Å². The van der Waals surface area contributed by atoms with Crippen LogP contribution < -0.4 is 37.2 Å². The highest BCUT2D eigenvalue weighted by atomic mass is 16.4. The van der Waals surface area contributed by atoms with E-state index in [1.807, 2.05) is 5.32 Å². The monoisotopic (exact) mass is 977 g/mol. The fraction of sp³-hybridized carbons (Fsp3) is 0.622. The lowest BCUT2D eigenvalue weighted by molar-refractivity contribution is -0.155. The average molecular weight is 978 g/mol. The van der Waals surface area contributed by atoms with Crippen LogP contribution in [0.3, 0.4) is 0 Å². The molecule has 1 saturated carbocycles. The van der Waals surface area contributed by atoms with Crippen LogP contribution in [0.15, 0.2) is 25.3 Å². The maximum Gasteiger partial charge on any atom is 0.326 e. The molecule has 24 nitrogen and oxygen atoms in total. The van der Waals surface area contributed by atoms with E-state index in [2.05, 4.69) is 45.1 Å². The minimum absolute atomic E-state index is 0.0477. The molecule has 69 heavy (non-hydrogen) atoms. The largest absolute Gasteiger partial charge is 0.481 e. The Kier molecular flexibility index (Phi) is 25.8. The molecule has 1 fully saturated rings. The van der Waals surface area contributed by atoms with Crippen molar-refractivity contribution in [2.75, 3.05) is 0 Å². The van der Waals surface area contributed by atoms with Gasteiger partial charge in [0, 0.05) is 13.3 Å². The van der Waals surface area contributed by atoms with Crippen molar-refractivity contribution in [2.45, 2.75) is 154 Å². The van der Waals surface area contributed by atoms with Crippen LogP contribution in [-0.2, 0) is 62.3 Å². The number of aliphatic carboxylic acids is 4. The number of carboxylic acid groups (broad SMARTS) is 4. The molecule has 0 aromatic rings. The number of carbonyl (C=O) groups excluding carboxylic acids is 9. The molecule has 0 saturated heterocycles. The lowest BCUT2D eigenvalue weighted by Gasteiger charge is -2.31. The summed E-state index contributed by atoms with van der Waals surface area (Å²) in [5.74, 6) is -21.1. The molecule has 0 aromatic carbocycles. The van der Waals surface area contributed by atoms with E-state index in [1.54, 1.807) is 27.7 Å². The van der Waals surface area contributed by atoms with Crippen molar-refractivity contribution < 1.29 is 82.8 Å². The minimum Gasteiger partial charge on any atom is -0.481 e. The molecule has 24 heteroatoms. The van der Waals surface area contributed by atoms with Gasteiger partial charge in [0.25, 0.3) is 11.7 Å². The van der Waals surface area contributed by atoms with Crippen molar-refractivity contribution in [2.24, 2.45) is 23.7 Å². The van der Waals surface area contributed by atoms with E-state index in [0.29, 0.717) is 12.8 Å². The summed E-state index contributed by atoms with van der Waals surface area (Å²) in [4.78, 5) is 167. The van der Waals surface area contributed by atoms with Crippen LogP contribution >= 0.6 is 0 Å². The van der Waals surface area contributed by atoms with E-state index < -0.39 is 144 Å². The van der Waals surface area contributed by atoms with Gasteiger partial charge in [-0.2, -0.15) is 0 Å². The molecule has 0 aliphatic heterocycles. The zero-order valence-corrected chi connectivity index (χ0v) is 39.5. The zero-order valence-electron chi connectivity index (χ0n) is 39.5. The van der Waals surface area contributed by atoms with Crippen molar-refractivity contribution in [3.05, 3.63) is 25.3 Å². The zero-order chi connectivity index (χ0) is 52.7. The molecule has 0 spiro atoms. The first-order chi connectivity index (χ1) is 32.3. The Labute approximate surface area is 399 Å². The molecule has 11 N–H and O–H groups in total. The van der Waals surface area contributed by atoms with Gasteiger partial charge in [-0.25, -0.2) is 4.79 Å². The summed E-state index contributed by atoms with van der Waals surface area (Å²) in [6.45, 7) is 14.5. The van der Waals surface area contributed by atoms with Crippen LogP contribution in [0.2, 0.25) is 0 Å². The molecule has 7 amide bonds. The van der Waals surface area contributed by atoms with Crippen LogP contribution in [-0.4, -0.2) is 140 Å². The van der Waals surface area contributed by atoms with Crippen LogP contribution in [0.1, 0.15) is 112 Å². The molecule has 0 aromatic heterocycles. The summed E-state index contributed by atoms with van der Waals surface area (Å²) in [6.07, 6.45) is 3.77. The van der Waals surface area contributed by atoms with Crippen LogP contribution in [0.25, 0.3) is 0 Å². The molecule has 0 radical (unpaired) electrons. The highest BCUT2D eigenvalue weighted by Crippen LogP contribution is 2.28. The van der Waals surface area contributed by atoms with Gasteiger partial charge in [-0.05, 0) is 43.4 Å². The molecular weight excluding hydrogens is 911 g/mol. The summed E-state index contributed by atoms with van der Waals surface area (Å²) in [6, 6.07) is -11.4. The van der Waals surface area contributed by atoms with Crippen molar-refractivity contribution in [3.8, 4) is 0 Å². The van der Waals surface area contributed by atoms with E-state index >= 15 is 0 Å². The molecule has 1 rings (SSSR count). The third kappa shape index (κ3) is 20.8. The predicted molar refractivity (Wildman–Crippen MR) is 242 cm³/mol. The maximum absolute atomic E-state index is 14.3. The van der Waals surface area contributed by atoms with Gasteiger partial charge >= 0.3 is 23.9 Å². The number of hydrogen-bond acceptors (Lipinski definition) is 13. The lowest BCUT2D eigenvalue weighted by atomic mass is 9.84. The Morgan fingerprint density at radius 2 is 1.04 bits per heavy atom. The number of rotatable bonds is 32. The van der Waals surface area contributed by atoms with Gasteiger partial charge in [0.05, 0.1) is 12.5 Å². The Morgan fingerprint density at radius 1 is 0.565 bits per heavy atom. The molecular formula is C45H67N7O17. The Bertz CT molecular complexity index is 1920. The van der Waals surface area contributed by atoms with Crippen LogP contribution in [0.5, 0.6) is 0 Å². The van der Waals surface area contributed by atoms with Gasteiger partial charge in [-0.15, -0.1) is 13.2 Å². The van der Waals surface area contributed by atoms with E-state index in [9.17, 15) is 82.8 Å². The standard InChI is InChI=1S/C45H67N7O17/c1-8-14-27(35(56)36(57)42(63)48-28(15-9-2)45(68)69)47-37(58)30(19-25-16-12-11-13-17-25)51-41(62)34(23(6)10-3)52-40(61)29(18-22(4)5)49-38(59)31(20-26(43(64)65)44(66)67)50-39(60)32(21-33(54)55)46-24(7)53/h8-9,22-23,25-32,34H,1-2,10-21H2,3-7H3,(H,46,53)(H,47,58)(H,48,63)(H,49,59)(H,50,60)(H,51,62)(H,52,61)(H,54,55)(H,64,65)(H,66,67)(H,68,69)/t23-,27?,28?,29-,30-,31+,32-,34-/m0/s1. The first-order valence-corrected chi connectivity index (χ1v) is 22.6. The Hall–Kier alpha value is -7.01. The SMILES string of the molecule is C=CCC(NC(=O)C(=O)C(=O)C(CC=C)NC(=O)[C@H](CC1CCCCC1)NC(=O)[C@@H](NC(=O)[C@H](CC(C)C)NC(=O)[C@@H](CC(C(=O)O)C(=O)O)NC(=O)[C@H](CC(=O)O)NC(C)=O)[C@@H](C)CC)C(=O)O. The average Bonchev–Trinajstić information content (AvgIpc) is 3.26. The van der Waals surface area contributed by atoms with Gasteiger partial charge in [0.2, 0.25) is 41.2 Å². The maximum atomic E-state index is 14.3. The molecule has 1 aliphatic carbocycles. The quantitative estimate of drug-likeness (QED) is 0.0230. The van der Waals surface area contributed by atoms with Crippen molar-refractivity contribution in [1.29, 1.82) is 0 Å². The second-order valence-electron chi connectivity index (χ2n) is 17.4. The number of hydrogen-bond donors (Lipinski definition) is 11. The van der Waals surface area contributed by atoms with E-state index in [-0.39, 0.29) is 43.9 Å². The topological polar surface area (TPSA) is 387 Å². The van der Waals surface area contributed by atoms with Gasteiger partial charge in [-0.3, -0.25) is 57.5 Å². The summed E-state index contributed by atoms with van der Waals surface area (Å²) in [5, 5.41) is 54.0. The fourth-order valence-corrected chi connectivity index (χ4v) is 7.41. The highest BCUT2D eigenvalue weighted by Gasteiger charge is 2.39. The number of Topliss-reactive ketones (excluding diaryl/α,β-unsaturated/α-hetero) is 2. The predicted octanol–water partition coefficient (Wildman–Crippen LogP) is -0.512. The van der Waals surface area contributed by atoms with E-state index in [1.165, 1.54) is 12.2 Å². The minimum atomic E-state index is -2.29. The van der Waals surface area contributed by atoms with Gasteiger partial charge in [0.15, 0.2) is 5.92 Å². The molecule has 8 atom stereocenters. The summed E-state index contributed by atoms with van der Waals surface area (Å²) >= 11 is 0. The van der Waals surface area contributed by atoms with Crippen LogP contribution in [0.4, 0.5) is 0 Å². The summed E-state index contributed by atoms with van der Waals surface area (Å²) in [7, 11) is 0. The lowest BCUT2D eigenvalue weighted by Crippen LogP contribution is -2.61. The summed E-state index contributed by atoms with van der Waals surface area (Å²) < 4.78 is 0. The first-order valence-electron chi connectivity index (χ1n) is 22.6. The number of ketones is 2. The third-order valence-corrected chi connectivity index (χ3v) is 11.3. The first kappa shape index (κ1) is 60.0. The van der Waals surface area contributed by atoms with Crippen molar-refractivity contribution in [3.63, 3.8) is 0 Å². The molecule has 0 bridgehead atoms. The second kappa shape index (κ2) is 29.7. The van der Waals surface area contributed by atoms with Crippen LogP contribution in [0, 0.1) is 23.7 Å². The Morgan fingerprint density at radius 3 is 1.52 bits per heavy atom. The fourth-order valence-electron chi connectivity index (χ4n) is 7.41. The molecule has 384 valence electrons. The number of nitrogens with one attached hydrogen (secondary N) is 7. The highest BCUT2D eigenvalue weighted by molar-refractivity contribution is 6.64. The molecule has 2 unspecified atom stereocenters. The number of carboxylic acids is 4. The van der Waals surface area contributed by atoms with Gasteiger partial charge in [0.1, 0.15) is 36.3 Å². The smallest absolute Gasteiger partial charge is 0.326 e. The van der Waals surface area contributed by atoms with Crippen molar-refractivity contribution >= 4 is 76.8 Å². The molecule has 0 heterocycles. The van der Waals surface area contributed by atoms with Gasteiger partial charge < -0.3 is 57.6 Å². The third-order valence-electron chi connectivity index (χ3n) is 11.3. The summed E-state index contributed by atoms with van der Waals surface area (Å²) in [5.41, 5.74) is 0. The Balaban J connectivity index is 3.59. The van der Waals surface area contributed by atoms with Crippen molar-refractivity contribution in [1.82, 2.24) is 37.2 Å². The number of amides is 7. The normalized spacial score (nSPS) is 16.0. The second-order valence-corrected chi connectivity index (χ2v) is 17.4.